The Balaban J connectivity index is 1.79. The first-order chi connectivity index (χ1) is 14.2. The van der Waals surface area contributed by atoms with Gasteiger partial charge >= 0.3 is 5.97 Å². The number of phenols is 1. The molecule has 1 fully saturated rings. The zero-order valence-electron chi connectivity index (χ0n) is 15.5. The summed E-state index contributed by atoms with van der Waals surface area (Å²) in [6, 6.07) is 8.02. The van der Waals surface area contributed by atoms with Gasteiger partial charge in [0, 0.05) is 0 Å². The van der Waals surface area contributed by atoms with Crippen LogP contribution in [0.2, 0.25) is 0 Å². The molecule has 2 aromatic rings. The van der Waals surface area contributed by atoms with Crippen molar-refractivity contribution in [3.05, 3.63) is 64.3 Å². The molecule has 154 valence electrons. The van der Waals surface area contributed by atoms with Crippen molar-refractivity contribution in [1.29, 1.82) is 0 Å². The maximum Gasteiger partial charge on any atom is 0.337 e. The Labute approximate surface area is 180 Å². The van der Waals surface area contributed by atoms with Crippen molar-refractivity contribution in [2.45, 2.75) is 13.0 Å². The van der Waals surface area contributed by atoms with Crippen LogP contribution in [-0.4, -0.2) is 43.3 Å². The number of carboxylic acids is 1. The number of rotatable bonds is 5. The summed E-state index contributed by atoms with van der Waals surface area (Å²) in [5.74, 6) is -3.13. The molecule has 0 bridgehead atoms. The van der Waals surface area contributed by atoms with E-state index in [0.29, 0.717) is 5.56 Å². The number of phenolic OH excluding ortho intramolecular Hbond substituents is 1. The molecule has 30 heavy (non-hydrogen) atoms. The van der Waals surface area contributed by atoms with Crippen molar-refractivity contribution in [2.75, 3.05) is 5.32 Å². The van der Waals surface area contributed by atoms with E-state index in [1.165, 1.54) is 43.3 Å². The molecule has 0 aromatic heterocycles. The van der Waals surface area contributed by atoms with E-state index >= 15 is 0 Å². The first-order valence-corrected chi connectivity index (χ1v) is 9.79. The molecule has 2 amide bonds. The van der Waals surface area contributed by atoms with Crippen molar-refractivity contribution < 1.29 is 29.0 Å². The number of amides is 2. The average molecular weight is 446 g/mol. The second kappa shape index (κ2) is 8.64. The highest BCUT2D eigenvalue weighted by molar-refractivity contribution is 8.26. The van der Waals surface area contributed by atoms with Crippen LogP contribution in [0.1, 0.15) is 22.8 Å². The fourth-order valence-electron chi connectivity index (χ4n) is 2.70. The summed E-state index contributed by atoms with van der Waals surface area (Å²) in [5.41, 5.74) is 0.283. The van der Waals surface area contributed by atoms with Crippen LogP contribution >= 0.6 is 24.0 Å². The SMILES string of the molecule is CC(C(=O)Nc1ccc(O)cc1C(=O)O)N1C(=O)/C(=C\c2ccc(F)cc2)SC1=S. The Kier molecular flexibility index (Phi) is 6.18. The zero-order chi connectivity index (χ0) is 22.0. The van der Waals surface area contributed by atoms with Gasteiger partial charge in [0.15, 0.2) is 0 Å². The number of thioether (sulfide) groups is 1. The summed E-state index contributed by atoms with van der Waals surface area (Å²) in [4.78, 5) is 38.2. The molecule has 2 aromatic carbocycles. The van der Waals surface area contributed by atoms with Gasteiger partial charge in [-0.15, -0.1) is 0 Å². The summed E-state index contributed by atoms with van der Waals surface area (Å²) < 4.78 is 13.2. The van der Waals surface area contributed by atoms with Gasteiger partial charge in [-0.25, -0.2) is 9.18 Å². The normalized spacial score (nSPS) is 16.1. The Bertz CT molecular complexity index is 1090. The third kappa shape index (κ3) is 4.50. The van der Waals surface area contributed by atoms with Crippen LogP contribution in [0.3, 0.4) is 0 Å². The fourth-order valence-corrected chi connectivity index (χ4v) is 4.12. The van der Waals surface area contributed by atoms with E-state index in [1.807, 2.05) is 0 Å². The molecular weight excluding hydrogens is 431 g/mol. The molecule has 1 unspecified atom stereocenters. The molecule has 3 rings (SSSR count). The quantitative estimate of drug-likeness (QED) is 0.367. The molecule has 0 radical (unpaired) electrons. The molecule has 1 aliphatic rings. The van der Waals surface area contributed by atoms with Crippen molar-refractivity contribution >= 4 is 57.8 Å². The third-order valence-electron chi connectivity index (χ3n) is 4.25. The number of aromatic carboxylic acids is 1. The van der Waals surface area contributed by atoms with Crippen LogP contribution in [0.15, 0.2) is 47.4 Å². The number of hydrogen-bond acceptors (Lipinski definition) is 6. The highest BCUT2D eigenvalue weighted by Gasteiger charge is 2.38. The molecule has 0 aliphatic carbocycles. The number of thiocarbonyl (C=S) groups is 1. The lowest BCUT2D eigenvalue weighted by atomic mass is 10.1. The van der Waals surface area contributed by atoms with E-state index in [4.69, 9.17) is 12.2 Å². The highest BCUT2D eigenvalue weighted by atomic mass is 32.2. The van der Waals surface area contributed by atoms with Gasteiger partial charge in [-0.05, 0) is 48.9 Å². The summed E-state index contributed by atoms with van der Waals surface area (Å²) >= 11 is 6.25. The van der Waals surface area contributed by atoms with Gasteiger partial charge in [0.05, 0.1) is 16.2 Å². The molecule has 1 saturated heterocycles. The molecule has 0 spiro atoms. The predicted octanol–water partition coefficient (Wildman–Crippen LogP) is 3.46. The van der Waals surface area contributed by atoms with Gasteiger partial charge in [0.2, 0.25) is 5.91 Å². The number of halogens is 1. The van der Waals surface area contributed by atoms with Crippen molar-refractivity contribution in [3.63, 3.8) is 0 Å². The van der Waals surface area contributed by atoms with Gasteiger partial charge < -0.3 is 15.5 Å². The van der Waals surface area contributed by atoms with E-state index in [9.17, 15) is 29.0 Å². The van der Waals surface area contributed by atoms with E-state index in [1.54, 1.807) is 6.08 Å². The maximum absolute atomic E-state index is 13.1. The second-order valence-corrected chi connectivity index (χ2v) is 7.98. The molecule has 1 heterocycles. The third-order valence-corrected chi connectivity index (χ3v) is 5.58. The maximum atomic E-state index is 13.1. The van der Waals surface area contributed by atoms with Crippen molar-refractivity contribution in [2.24, 2.45) is 0 Å². The fraction of sp³-hybridized carbons (Fsp3) is 0.100. The van der Waals surface area contributed by atoms with Gasteiger partial charge in [0.1, 0.15) is 21.9 Å². The number of nitrogens with zero attached hydrogens (tertiary/aromatic N) is 1. The summed E-state index contributed by atoms with van der Waals surface area (Å²) in [6.07, 6.45) is 1.55. The Morgan fingerprint density at radius 3 is 2.53 bits per heavy atom. The van der Waals surface area contributed by atoms with Gasteiger partial charge in [0.25, 0.3) is 5.91 Å². The number of nitrogens with one attached hydrogen (secondary N) is 1. The van der Waals surface area contributed by atoms with Crippen molar-refractivity contribution in [3.8, 4) is 5.75 Å². The monoisotopic (exact) mass is 446 g/mol. The smallest absolute Gasteiger partial charge is 0.337 e. The molecule has 10 heteroatoms. The first kappa shape index (κ1) is 21.5. The standard InChI is InChI=1S/C20H15FN2O5S2/c1-10(17(25)22-15-7-6-13(24)9-14(15)19(27)28)23-18(26)16(30-20(23)29)8-11-2-4-12(21)5-3-11/h2-10,24H,1H3,(H,22,25)(H,27,28)/b16-8+. The number of benzene rings is 2. The number of anilines is 1. The van der Waals surface area contributed by atoms with Gasteiger partial charge in [-0.1, -0.05) is 36.1 Å². The van der Waals surface area contributed by atoms with Gasteiger partial charge in [-0.2, -0.15) is 0 Å². The lowest BCUT2D eigenvalue weighted by molar-refractivity contribution is -0.129. The Morgan fingerprint density at radius 1 is 1.23 bits per heavy atom. The summed E-state index contributed by atoms with van der Waals surface area (Å²) in [5, 5.41) is 21.2. The first-order valence-electron chi connectivity index (χ1n) is 8.57. The van der Waals surface area contributed by atoms with Crippen LogP contribution in [-0.2, 0) is 9.59 Å². The largest absolute Gasteiger partial charge is 0.508 e. The van der Waals surface area contributed by atoms with E-state index in [2.05, 4.69) is 5.32 Å². The topological polar surface area (TPSA) is 107 Å². The molecule has 1 aliphatic heterocycles. The number of hydrogen-bond donors (Lipinski definition) is 3. The number of carboxylic acid groups (broad SMARTS) is 1. The minimum Gasteiger partial charge on any atom is -0.508 e. The van der Waals surface area contributed by atoms with Crippen LogP contribution < -0.4 is 5.32 Å². The highest BCUT2D eigenvalue weighted by Crippen LogP contribution is 2.34. The predicted molar refractivity (Wildman–Crippen MR) is 115 cm³/mol. The van der Waals surface area contributed by atoms with E-state index in [-0.39, 0.29) is 26.2 Å². The summed E-state index contributed by atoms with van der Waals surface area (Å²) in [7, 11) is 0. The van der Waals surface area contributed by atoms with Crippen LogP contribution in [0.4, 0.5) is 10.1 Å². The van der Waals surface area contributed by atoms with Gasteiger partial charge in [-0.3, -0.25) is 14.5 Å². The molecular formula is C20H15FN2O5S2. The average Bonchev–Trinajstić information content (AvgIpc) is 2.97. The van der Waals surface area contributed by atoms with Crippen LogP contribution in [0.5, 0.6) is 5.75 Å². The lowest BCUT2D eigenvalue weighted by Gasteiger charge is -2.22. The zero-order valence-corrected chi connectivity index (χ0v) is 17.1. The van der Waals surface area contributed by atoms with Crippen LogP contribution in [0.25, 0.3) is 6.08 Å². The van der Waals surface area contributed by atoms with Crippen molar-refractivity contribution in [1.82, 2.24) is 4.90 Å². The molecule has 0 saturated carbocycles. The number of aromatic hydroxyl groups is 1. The summed E-state index contributed by atoms with van der Waals surface area (Å²) in [6.45, 7) is 1.46. The van der Waals surface area contributed by atoms with Crippen LogP contribution in [0, 0.1) is 5.82 Å². The Hall–Kier alpha value is -3.24. The van der Waals surface area contributed by atoms with E-state index in [0.717, 1.165) is 22.7 Å². The van der Waals surface area contributed by atoms with E-state index < -0.39 is 29.6 Å². The molecule has 7 nitrogen and oxygen atoms in total. The second-order valence-electron chi connectivity index (χ2n) is 6.30. The number of carbonyl (C=O) groups is 3. The molecule has 3 N–H and O–H groups in total. The minimum atomic E-state index is -1.33. The molecule has 1 atom stereocenters. The Morgan fingerprint density at radius 2 is 1.90 bits per heavy atom. The number of carbonyl (C=O) groups excluding carboxylic acids is 2. The lowest BCUT2D eigenvalue weighted by Crippen LogP contribution is -2.44. The minimum absolute atomic E-state index is 0.0237.